The van der Waals surface area contributed by atoms with Gasteiger partial charge in [0.05, 0.1) is 20.5 Å². The van der Waals surface area contributed by atoms with Crippen LogP contribution in [-0.2, 0) is 10.0 Å². The van der Waals surface area contributed by atoms with E-state index in [2.05, 4.69) is 25.2 Å². The molecule has 1 saturated heterocycles. The lowest BCUT2D eigenvalue weighted by molar-refractivity contribution is 0.394. The Morgan fingerprint density at radius 2 is 1.89 bits per heavy atom. The fourth-order valence-electron chi connectivity index (χ4n) is 3.03. The number of rotatable bonds is 9. The number of anilines is 1. The molecule has 9 nitrogen and oxygen atoms in total. The third-order valence-corrected chi connectivity index (χ3v) is 5.19. The minimum atomic E-state index is -3.14. The van der Waals surface area contributed by atoms with Crippen LogP contribution in [0.25, 0.3) is 0 Å². The van der Waals surface area contributed by atoms with Gasteiger partial charge in [0, 0.05) is 63.2 Å². The van der Waals surface area contributed by atoms with Crippen LogP contribution in [-0.4, -0.2) is 74.1 Å². The molecular formula is C18H31N5O4S. The molecule has 0 bridgehead atoms. The lowest BCUT2D eigenvalue weighted by atomic mass is 10.2. The number of hydrogen-bond acceptors (Lipinski definition) is 6. The number of nitrogens with zero attached hydrogens (tertiary/aromatic N) is 2. The molecule has 1 heterocycles. The Bertz CT molecular complexity index is 747. The van der Waals surface area contributed by atoms with E-state index in [4.69, 9.17) is 9.47 Å². The van der Waals surface area contributed by atoms with Crippen LogP contribution in [0.2, 0.25) is 0 Å². The number of hydrogen-bond donors (Lipinski definition) is 3. The number of ether oxygens (including phenoxy) is 2. The maximum atomic E-state index is 11.1. The van der Waals surface area contributed by atoms with Crippen LogP contribution in [0.1, 0.15) is 12.8 Å². The van der Waals surface area contributed by atoms with Crippen LogP contribution in [0, 0.1) is 0 Å². The Morgan fingerprint density at radius 1 is 1.21 bits per heavy atom. The average Bonchev–Trinajstić information content (AvgIpc) is 3.14. The summed E-state index contributed by atoms with van der Waals surface area (Å²) in [5, 5.41) is 6.64. The second kappa shape index (κ2) is 10.4. The lowest BCUT2D eigenvalue weighted by Crippen LogP contribution is -2.45. The van der Waals surface area contributed by atoms with Crippen LogP contribution in [0.15, 0.2) is 23.2 Å². The average molecular weight is 414 g/mol. The Hall–Kier alpha value is -2.20. The number of sulfonamides is 1. The number of aliphatic imine (C=N–C) groups is 1. The smallest absolute Gasteiger partial charge is 0.208 e. The zero-order valence-corrected chi connectivity index (χ0v) is 17.8. The van der Waals surface area contributed by atoms with Gasteiger partial charge in [0.25, 0.3) is 0 Å². The van der Waals surface area contributed by atoms with Gasteiger partial charge in [-0.25, -0.2) is 13.1 Å². The molecule has 0 spiro atoms. The van der Waals surface area contributed by atoms with E-state index in [1.54, 1.807) is 21.3 Å². The van der Waals surface area contributed by atoms with Gasteiger partial charge >= 0.3 is 0 Å². The van der Waals surface area contributed by atoms with E-state index >= 15 is 0 Å². The summed E-state index contributed by atoms with van der Waals surface area (Å²) in [6.07, 6.45) is 2.81. The quantitative estimate of drug-likeness (QED) is 0.306. The molecule has 0 aromatic heterocycles. The molecule has 1 fully saturated rings. The first kappa shape index (κ1) is 22.1. The lowest BCUT2D eigenvalue weighted by Gasteiger charge is -2.21. The van der Waals surface area contributed by atoms with Gasteiger partial charge in [-0.05, 0) is 12.8 Å². The molecule has 0 amide bonds. The summed E-state index contributed by atoms with van der Waals surface area (Å²) < 4.78 is 35.3. The van der Waals surface area contributed by atoms with Crippen molar-refractivity contribution in [3.05, 3.63) is 18.2 Å². The molecule has 1 atom stereocenters. The summed E-state index contributed by atoms with van der Waals surface area (Å²) in [7, 11) is 1.88. The summed E-state index contributed by atoms with van der Waals surface area (Å²) >= 11 is 0. The number of methoxy groups -OCH3 is 2. The molecule has 10 heteroatoms. The molecule has 28 heavy (non-hydrogen) atoms. The van der Waals surface area contributed by atoms with Gasteiger partial charge in [0.2, 0.25) is 10.0 Å². The summed E-state index contributed by atoms with van der Waals surface area (Å²) in [6.45, 7) is 2.79. The van der Waals surface area contributed by atoms with E-state index in [1.165, 1.54) is 0 Å². The molecule has 0 saturated carbocycles. The van der Waals surface area contributed by atoms with Crippen molar-refractivity contribution in [3.8, 4) is 11.5 Å². The topological polar surface area (TPSA) is 104 Å². The van der Waals surface area contributed by atoms with Crippen molar-refractivity contribution >= 4 is 21.7 Å². The first-order chi connectivity index (χ1) is 13.3. The first-order valence-corrected chi connectivity index (χ1v) is 11.1. The van der Waals surface area contributed by atoms with E-state index in [0.29, 0.717) is 19.5 Å². The van der Waals surface area contributed by atoms with Crippen LogP contribution < -0.4 is 29.7 Å². The Kier molecular flexibility index (Phi) is 8.18. The molecule has 1 aromatic rings. The molecule has 1 unspecified atom stereocenters. The van der Waals surface area contributed by atoms with Gasteiger partial charge in [-0.15, -0.1) is 0 Å². The van der Waals surface area contributed by atoms with Gasteiger partial charge in [0.1, 0.15) is 11.5 Å². The van der Waals surface area contributed by atoms with Crippen molar-refractivity contribution in [2.45, 2.75) is 18.9 Å². The number of guanidine groups is 1. The van der Waals surface area contributed by atoms with Gasteiger partial charge in [-0.3, -0.25) is 4.99 Å². The predicted octanol–water partition coefficient (Wildman–Crippen LogP) is 0.387. The maximum Gasteiger partial charge on any atom is 0.208 e. The van der Waals surface area contributed by atoms with E-state index < -0.39 is 10.0 Å². The van der Waals surface area contributed by atoms with E-state index in [9.17, 15) is 8.42 Å². The van der Waals surface area contributed by atoms with Crippen LogP contribution >= 0.6 is 0 Å². The second-order valence-corrected chi connectivity index (χ2v) is 8.50. The second-order valence-electron chi connectivity index (χ2n) is 6.67. The van der Waals surface area contributed by atoms with Crippen molar-refractivity contribution in [1.82, 2.24) is 15.4 Å². The monoisotopic (exact) mass is 413 g/mol. The highest BCUT2D eigenvalue weighted by Crippen LogP contribution is 2.30. The van der Waals surface area contributed by atoms with Gasteiger partial charge < -0.3 is 25.0 Å². The highest BCUT2D eigenvalue weighted by atomic mass is 32.2. The van der Waals surface area contributed by atoms with Gasteiger partial charge in [-0.2, -0.15) is 0 Å². The van der Waals surface area contributed by atoms with E-state index in [-0.39, 0.29) is 6.04 Å². The molecule has 1 aliphatic heterocycles. The number of benzene rings is 1. The maximum absolute atomic E-state index is 11.1. The fourth-order valence-corrected chi connectivity index (χ4v) is 3.54. The van der Waals surface area contributed by atoms with Crippen molar-refractivity contribution in [1.29, 1.82) is 0 Å². The fraction of sp³-hybridized carbons (Fsp3) is 0.611. The molecular weight excluding hydrogens is 382 g/mol. The summed E-state index contributed by atoms with van der Waals surface area (Å²) in [4.78, 5) is 6.53. The van der Waals surface area contributed by atoms with E-state index in [1.807, 2.05) is 18.2 Å². The highest BCUT2D eigenvalue weighted by Gasteiger charge is 2.24. The molecule has 158 valence electrons. The molecule has 0 radical (unpaired) electrons. The SMILES string of the molecule is CN=C(NCCCNS(C)(=O)=O)NC1CCN(c2cc(OC)cc(OC)c2)C1. The van der Waals surface area contributed by atoms with Crippen molar-refractivity contribution < 1.29 is 17.9 Å². The van der Waals surface area contributed by atoms with Crippen molar-refractivity contribution in [2.24, 2.45) is 4.99 Å². The summed E-state index contributed by atoms with van der Waals surface area (Å²) in [5.74, 6) is 2.26. The number of nitrogens with one attached hydrogen (secondary N) is 3. The molecule has 2 rings (SSSR count). The minimum absolute atomic E-state index is 0.262. The Balaban J connectivity index is 1.83. The largest absolute Gasteiger partial charge is 0.497 e. The predicted molar refractivity (Wildman–Crippen MR) is 112 cm³/mol. The van der Waals surface area contributed by atoms with Crippen LogP contribution in [0.5, 0.6) is 11.5 Å². The van der Waals surface area contributed by atoms with E-state index in [0.717, 1.165) is 48.9 Å². The Morgan fingerprint density at radius 3 is 2.46 bits per heavy atom. The normalized spacial score (nSPS) is 17.5. The third-order valence-electron chi connectivity index (χ3n) is 4.46. The molecule has 1 aliphatic rings. The van der Waals surface area contributed by atoms with Crippen LogP contribution in [0.4, 0.5) is 5.69 Å². The Labute approximate surface area is 167 Å². The zero-order valence-electron chi connectivity index (χ0n) is 17.0. The molecule has 3 N–H and O–H groups in total. The summed E-state index contributed by atoms with van der Waals surface area (Å²) in [5.41, 5.74) is 1.07. The van der Waals surface area contributed by atoms with Crippen LogP contribution in [0.3, 0.4) is 0 Å². The summed E-state index contributed by atoms with van der Waals surface area (Å²) in [6, 6.07) is 6.14. The standard InChI is InChI=1S/C18H31N5O4S/c1-19-18(20-7-5-8-21-28(4,24)25)22-14-6-9-23(13-14)15-10-16(26-2)12-17(11-15)27-3/h10-12,14,21H,5-9,13H2,1-4H3,(H2,19,20,22). The third kappa shape index (κ3) is 7.08. The first-order valence-electron chi connectivity index (χ1n) is 9.24. The van der Waals surface area contributed by atoms with Gasteiger partial charge in [0.15, 0.2) is 5.96 Å². The molecule has 1 aromatic carbocycles. The van der Waals surface area contributed by atoms with Crippen molar-refractivity contribution in [2.75, 3.05) is 58.6 Å². The minimum Gasteiger partial charge on any atom is -0.497 e. The van der Waals surface area contributed by atoms with Gasteiger partial charge in [-0.1, -0.05) is 0 Å². The zero-order chi connectivity index (χ0) is 20.6. The highest BCUT2D eigenvalue weighted by molar-refractivity contribution is 7.88. The van der Waals surface area contributed by atoms with Crippen molar-refractivity contribution in [3.63, 3.8) is 0 Å². The molecule has 0 aliphatic carbocycles.